The molecule has 2 aliphatic rings. The van der Waals surface area contributed by atoms with Crippen molar-refractivity contribution in [3.05, 3.63) is 0 Å². The highest BCUT2D eigenvalue weighted by Gasteiger charge is 2.32. The molecular formula is C15H26N2O3. The van der Waals surface area contributed by atoms with Crippen molar-refractivity contribution in [2.75, 3.05) is 33.3 Å². The Morgan fingerprint density at radius 2 is 1.80 bits per heavy atom. The van der Waals surface area contributed by atoms with Crippen molar-refractivity contribution in [2.24, 2.45) is 5.92 Å². The van der Waals surface area contributed by atoms with Crippen LogP contribution in [-0.4, -0.2) is 61.0 Å². The maximum atomic E-state index is 12.4. The third-order valence-corrected chi connectivity index (χ3v) is 4.56. The van der Waals surface area contributed by atoms with Crippen LogP contribution in [0.25, 0.3) is 0 Å². The summed E-state index contributed by atoms with van der Waals surface area (Å²) in [5.74, 6) is 0.675. The van der Waals surface area contributed by atoms with Gasteiger partial charge in [0.25, 0.3) is 0 Å². The van der Waals surface area contributed by atoms with Gasteiger partial charge in [-0.1, -0.05) is 13.3 Å². The molecule has 0 N–H and O–H groups in total. The summed E-state index contributed by atoms with van der Waals surface area (Å²) in [7, 11) is 1.42. The summed E-state index contributed by atoms with van der Waals surface area (Å²) in [6.07, 6.45) is 5.07. The van der Waals surface area contributed by atoms with Crippen molar-refractivity contribution in [1.29, 1.82) is 0 Å². The lowest BCUT2D eigenvalue weighted by molar-refractivity contribution is -0.149. The van der Waals surface area contributed by atoms with Crippen molar-refractivity contribution >= 4 is 11.9 Å². The SMILES string of the molecule is COC(=O)[C@H]1CCCCN1CC(=O)N1CCC(C)CC1. The number of nitrogens with zero attached hydrogens (tertiary/aromatic N) is 2. The molecule has 2 aliphatic heterocycles. The van der Waals surface area contributed by atoms with Crippen LogP contribution in [0.2, 0.25) is 0 Å². The molecule has 0 spiro atoms. The summed E-state index contributed by atoms with van der Waals surface area (Å²) in [6.45, 7) is 5.12. The minimum Gasteiger partial charge on any atom is -0.468 e. The summed E-state index contributed by atoms with van der Waals surface area (Å²) in [5, 5.41) is 0. The highest BCUT2D eigenvalue weighted by Crippen LogP contribution is 2.20. The summed E-state index contributed by atoms with van der Waals surface area (Å²) >= 11 is 0. The molecule has 2 rings (SSSR count). The minimum atomic E-state index is -0.235. The standard InChI is InChI=1S/C15H26N2O3/c1-12-6-9-16(10-7-12)14(18)11-17-8-4-3-5-13(17)15(19)20-2/h12-13H,3-11H2,1-2H3/t13-/m1/s1. The van der Waals surface area contributed by atoms with Gasteiger partial charge in [0.15, 0.2) is 0 Å². The normalized spacial score (nSPS) is 25.5. The van der Waals surface area contributed by atoms with Crippen LogP contribution in [0.1, 0.15) is 39.0 Å². The van der Waals surface area contributed by atoms with Gasteiger partial charge < -0.3 is 9.64 Å². The molecule has 0 aliphatic carbocycles. The largest absolute Gasteiger partial charge is 0.468 e. The zero-order chi connectivity index (χ0) is 14.5. The van der Waals surface area contributed by atoms with Crippen molar-refractivity contribution < 1.29 is 14.3 Å². The number of amides is 1. The van der Waals surface area contributed by atoms with Crippen LogP contribution in [0.4, 0.5) is 0 Å². The lowest BCUT2D eigenvalue weighted by atomic mass is 9.99. The Morgan fingerprint density at radius 3 is 2.45 bits per heavy atom. The van der Waals surface area contributed by atoms with Gasteiger partial charge in [-0.05, 0) is 38.1 Å². The van der Waals surface area contributed by atoms with E-state index in [1.807, 2.05) is 9.80 Å². The molecule has 0 aromatic carbocycles. The van der Waals surface area contributed by atoms with E-state index >= 15 is 0 Å². The fraction of sp³-hybridized carbons (Fsp3) is 0.867. The van der Waals surface area contributed by atoms with E-state index in [2.05, 4.69) is 6.92 Å². The van der Waals surface area contributed by atoms with Crippen molar-refractivity contribution in [2.45, 2.75) is 45.1 Å². The number of piperidine rings is 2. The first kappa shape index (κ1) is 15.3. The molecule has 0 aromatic heterocycles. The van der Waals surface area contributed by atoms with Gasteiger partial charge in [-0.2, -0.15) is 0 Å². The topological polar surface area (TPSA) is 49.9 Å². The van der Waals surface area contributed by atoms with Crippen LogP contribution in [0.5, 0.6) is 0 Å². The Hall–Kier alpha value is -1.10. The predicted octanol–water partition coefficient (Wildman–Crippen LogP) is 1.27. The first-order chi connectivity index (χ1) is 9.61. The van der Waals surface area contributed by atoms with Gasteiger partial charge in [-0.3, -0.25) is 14.5 Å². The Labute approximate surface area is 121 Å². The van der Waals surface area contributed by atoms with Crippen molar-refractivity contribution in [3.63, 3.8) is 0 Å². The Bertz CT molecular complexity index is 351. The molecule has 5 nitrogen and oxygen atoms in total. The number of rotatable bonds is 3. The van der Waals surface area contributed by atoms with Crippen molar-refractivity contribution in [1.82, 2.24) is 9.80 Å². The van der Waals surface area contributed by atoms with E-state index < -0.39 is 0 Å². The smallest absolute Gasteiger partial charge is 0.323 e. The Morgan fingerprint density at radius 1 is 1.10 bits per heavy atom. The van der Waals surface area contributed by atoms with Gasteiger partial charge in [0, 0.05) is 13.1 Å². The fourth-order valence-electron chi connectivity index (χ4n) is 3.11. The average molecular weight is 282 g/mol. The zero-order valence-electron chi connectivity index (χ0n) is 12.6. The monoisotopic (exact) mass is 282 g/mol. The molecule has 0 saturated carbocycles. The van der Waals surface area contributed by atoms with Crippen LogP contribution >= 0.6 is 0 Å². The van der Waals surface area contributed by atoms with Gasteiger partial charge in [-0.15, -0.1) is 0 Å². The first-order valence-electron chi connectivity index (χ1n) is 7.71. The maximum Gasteiger partial charge on any atom is 0.323 e. The van der Waals surface area contributed by atoms with Crippen LogP contribution < -0.4 is 0 Å². The summed E-state index contributed by atoms with van der Waals surface area (Å²) in [5.41, 5.74) is 0. The fourth-order valence-corrected chi connectivity index (χ4v) is 3.11. The predicted molar refractivity (Wildman–Crippen MR) is 76.2 cm³/mol. The van der Waals surface area contributed by atoms with Gasteiger partial charge in [0.1, 0.15) is 6.04 Å². The second-order valence-electron chi connectivity index (χ2n) is 6.07. The number of esters is 1. The molecule has 0 bridgehead atoms. The third-order valence-electron chi connectivity index (χ3n) is 4.56. The molecule has 114 valence electrons. The van der Waals surface area contributed by atoms with E-state index in [0.717, 1.165) is 57.7 Å². The second kappa shape index (κ2) is 7.07. The van der Waals surface area contributed by atoms with Gasteiger partial charge in [0.2, 0.25) is 5.91 Å². The highest BCUT2D eigenvalue weighted by molar-refractivity contribution is 5.80. The molecule has 20 heavy (non-hydrogen) atoms. The molecule has 0 radical (unpaired) electrons. The number of carbonyl (C=O) groups excluding carboxylic acids is 2. The molecule has 2 saturated heterocycles. The lowest BCUT2D eigenvalue weighted by Crippen LogP contribution is -2.51. The van der Waals surface area contributed by atoms with E-state index in [-0.39, 0.29) is 17.9 Å². The first-order valence-corrected chi connectivity index (χ1v) is 7.71. The third kappa shape index (κ3) is 3.72. The number of likely N-dealkylation sites (tertiary alicyclic amines) is 2. The van der Waals surface area contributed by atoms with E-state index in [1.165, 1.54) is 7.11 Å². The Balaban J connectivity index is 1.89. The molecule has 5 heteroatoms. The van der Waals surface area contributed by atoms with Crippen molar-refractivity contribution in [3.8, 4) is 0 Å². The Kier molecular flexibility index (Phi) is 5.40. The highest BCUT2D eigenvalue weighted by atomic mass is 16.5. The summed E-state index contributed by atoms with van der Waals surface area (Å²) < 4.78 is 4.86. The average Bonchev–Trinajstić information content (AvgIpc) is 2.47. The molecule has 1 amide bonds. The van der Waals surface area contributed by atoms with E-state index in [1.54, 1.807) is 0 Å². The van der Waals surface area contributed by atoms with Crippen LogP contribution in [0, 0.1) is 5.92 Å². The molecular weight excluding hydrogens is 256 g/mol. The maximum absolute atomic E-state index is 12.4. The number of hydrogen-bond donors (Lipinski definition) is 0. The van der Waals surface area contributed by atoms with E-state index in [9.17, 15) is 9.59 Å². The molecule has 0 aromatic rings. The van der Waals surface area contributed by atoms with E-state index in [0.29, 0.717) is 6.54 Å². The van der Waals surface area contributed by atoms with E-state index in [4.69, 9.17) is 4.74 Å². The van der Waals surface area contributed by atoms with Gasteiger partial charge >= 0.3 is 5.97 Å². The quantitative estimate of drug-likeness (QED) is 0.732. The molecule has 2 heterocycles. The summed E-state index contributed by atoms with van der Waals surface area (Å²) in [4.78, 5) is 28.1. The number of methoxy groups -OCH3 is 1. The summed E-state index contributed by atoms with van der Waals surface area (Å²) in [6, 6.07) is -0.235. The van der Waals surface area contributed by atoms with Crippen LogP contribution in [-0.2, 0) is 14.3 Å². The van der Waals surface area contributed by atoms with Gasteiger partial charge in [0.05, 0.1) is 13.7 Å². The number of carbonyl (C=O) groups is 2. The molecule has 0 unspecified atom stereocenters. The molecule has 1 atom stereocenters. The molecule has 2 fully saturated rings. The zero-order valence-corrected chi connectivity index (χ0v) is 12.6. The number of hydrogen-bond acceptors (Lipinski definition) is 4. The lowest BCUT2D eigenvalue weighted by Gasteiger charge is -2.36. The van der Waals surface area contributed by atoms with Crippen LogP contribution in [0.15, 0.2) is 0 Å². The minimum absolute atomic E-state index is 0.160. The second-order valence-corrected chi connectivity index (χ2v) is 6.07. The van der Waals surface area contributed by atoms with Crippen LogP contribution in [0.3, 0.4) is 0 Å². The number of ether oxygens (including phenoxy) is 1. The van der Waals surface area contributed by atoms with Gasteiger partial charge in [-0.25, -0.2) is 0 Å².